The molecule has 33 heavy (non-hydrogen) atoms. The van der Waals surface area contributed by atoms with Crippen molar-refractivity contribution in [1.29, 1.82) is 0 Å². The molecule has 186 valence electrons. The smallest absolute Gasteiger partial charge is 0.310 e. The van der Waals surface area contributed by atoms with Gasteiger partial charge < -0.3 is 15.3 Å². The molecule has 0 aromatic rings. The summed E-state index contributed by atoms with van der Waals surface area (Å²) < 4.78 is 0. The van der Waals surface area contributed by atoms with Crippen LogP contribution in [0.3, 0.4) is 0 Å². The van der Waals surface area contributed by atoms with Gasteiger partial charge in [0.2, 0.25) is 0 Å². The van der Waals surface area contributed by atoms with Gasteiger partial charge in [0.1, 0.15) is 0 Å². The Kier molecular flexibility index (Phi) is 5.29. The maximum absolute atomic E-state index is 12.8. The topological polar surface area (TPSA) is 77.8 Å². The first-order chi connectivity index (χ1) is 15.3. The molecule has 0 heterocycles. The summed E-state index contributed by atoms with van der Waals surface area (Å²) in [5.41, 5.74) is 0.961. The van der Waals surface area contributed by atoms with Crippen molar-refractivity contribution in [2.75, 3.05) is 0 Å². The van der Waals surface area contributed by atoms with E-state index < -0.39 is 23.6 Å². The predicted molar refractivity (Wildman–Crippen MR) is 129 cm³/mol. The molecule has 0 aromatic heterocycles. The van der Waals surface area contributed by atoms with E-state index in [-0.39, 0.29) is 28.1 Å². The molecule has 5 aliphatic rings. The Balaban J connectivity index is 1.61. The lowest BCUT2D eigenvalue weighted by Gasteiger charge is -2.70. The predicted octanol–water partition coefficient (Wildman–Crippen LogP) is 5.67. The zero-order valence-corrected chi connectivity index (χ0v) is 21.6. The summed E-state index contributed by atoms with van der Waals surface area (Å²) in [5, 5.41) is 31.9. The van der Waals surface area contributed by atoms with Crippen LogP contribution in [-0.4, -0.2) is 33.5 Å². The quantitative estimate of drug-likeness (QED) is 0.442. The Labute approximate surface area is 200 Å². The van der Waals surface area contributed by atoms with Crippen LogP contribution in [0.15, 0.2) is 11.6 Å². The molecule has 0 spiro atoms. The van der Waals surface area contributed by atoms with Crippen LogP contribution in [0.5, 0.6) is 0 Å². The Bertz CT molecular complexity index is 866. The SMILES string of the molecule is CC1C(O)[C@H](O)CC2(C)C1CCC1(C)C2CC=C2C3C(C)[C@H](C)CCC3(C(=O)O)CC[C@]21C. The maximum Gasteiger partial charge on any atom is 0.310 e. The molecule has 0 bridgehead atoms. The van der Waals surface area contributed by atoms with Crippen molar-refractivity contribution < 1.29 is 20.1 Å². The molecule has 4 saturated carbocycles. The second kappa shape index (κ2) is 7.32. The first kappa shape index (κ1) is 23.9. The van der Waals surface area contributed by atoms with Crippen molar-refractivity contribution >= 4 is 5.97 Å². The molecule has 12 atom stereocenters. The van der Waals surface area contributed by atoms with E-state index in [4.69, 9.17) is 0 Å². The lowest BCUT2D eigenvalue weighted by molar-refractivity contribution is -0.208. The summed E-state index contributed by atoms with van der Waals surface area (Å²) in [7, 11) is 0. The summed E-state index contributed by atoms with van der Waals surface area (Å²) in [6, 6.07) is 0. The van der Waals surface area contributed by atoms with E-state index in [2.05, 4.69) is 47.6 Å². The van der Waals surface area contributed by atoms with E-state index in [0.717, 1.165) is 44.9 Å². The second-order valence-corrected chi connectivity index (χ2v) is 13.8. The van der Waals surface area contributed by atoms with Gasteiger partial charge in [-0.3, -0.25) is 4.79 Å². The molecule has 0 amide bonds. The second-order valence-electron chi connectivity index (χ2n) is 13.8. The van der Waals surface area contributed by atoms with Crippen molar-refractivity contribution in [1.82, 2.24) is 0 Å². The highest BCUT2D eigenvalue weighted by atomic mass is 16.4. The number of aliphatic hydroxyl groups is 2. The first-order valence-corrected chi connectivity index (χ1v) is 13.6. The van der Waals surface area contributed by atoms with Gasteiger partial charge in [0.05, 0.1) is 17.6 Å². The normalized spacial score (nSPS) is 58.2. The average Bonchev–Trinajstić information content (AvgIpc) is 2.75. The summed E-state index contributed by atoms with van der Waals surface area (Å²) in [6.07, 6.45) is 8.69. The lowest BCUT2D eigenvalue weighted by Crippen LogP contribution is -2.65. The van der Waals surface area contributed by atoms with Crippen LogP contribution in [-0.2, 0) is 4.79 Å². The highest BCUT2D eigenvalue weighted by Crippen LogP contribution is 2.74. The van der Waals surface area contributed by atoms with Crippen molar-refractivity contribution in [3.8, 4) is 0 Å². The monoisotopic (exact) mass is 458 g/mol. The van der Waals surface area contributed by atoms with Crippen LogP contribution in [0, 0.1) is 57.2 Å². The highest BCUT2D eigenvalue weighted by molar-refractivity contribution is 5.76. The molecule has 0 saturated heterocycles. The zero-order chi connectivity index (χ0) is 24.1. The minimum atomic E-state index is -0.646. The van der Waals surface area contributed by atoms with E-state index in [1.54, 1.807) is 0 Å². The third kappa shape index (κ3) is 2.80. The standard InChI is InChI=1S/C29H46O4/c1-16-9-12-29(25(32)33)14-13-27(5)20(23(29)17(16)2)7-8-22-26(4)15-21(30)24(31)18(3)19(26)10-11-28(22,27)6/h7,16-19,21-24,30-31H,8-15H2,1-6H3,(H,32,33)/t16-,17?,18?,19?,21-,22?,23?,24?,26?,27-,28?,29?/m1/s1. The van der Waals surface area contributed by atoms with Gasteiger partial charge in [0.25, 0.3) is 0 Å². The van der Waals surface area contributed by atoms with Gasteiger partial charge in [0, 0.05) is 0 Å². The Hall–Kier alpha value is -0.870. The summed E-state index contributed by atoms with van der Waals surface area (Å²) in [6.45, 7) is 14.1. The summed E-state index contributed by atoms with van der Waals surface area (Å²) in [5.74, 6) is 1.51. The van der Waals surface area contributed by atoms with E-state index in [9.17, 15) is 20.1 Å². The third-order valence-electron chi connectivity index (χ3n) is 13.0. The van der Waals surface area contributed by atoms with Gasteiger partial charge >= 0.3 is 5.97 Å². The molecule has 3 N–H and O–H groups in total. The van der Waals surface area contributed by atoms with E-state index >= 15 is 0 Å². The van der Waals surface area contributed by atoms with Crippen molar-refractivity contribution in [3.05, 3.63) is 11.6 Å². The molecule has 5 aliphatic carbocycles. The van der Waals surface area contributed by atoms with Gasteiger partial charge in [-0.1, -0.05) is 53.2 Å². The van der Waals surface area contributed by atoms with Gasteiger partial charge in [-0.05, 0) is 103 Å². The largest absolute Gasteiger partial charge is 0.481 e. The van der Waals surface area contributed by atoms with Crippen LogP contribution < -0.4 is 0 Å². The molecule has 4 heteroatoms. The Morgan fingerprint density at radius 3 is 2.33 bits per heavy atom. The number of carboxylic acids is 1. The fourth-order valence-corrected chi connectivity index (χ4v) is 10.6. The van der Waals surface area contributed by atoms with Gasteiger partial charge in [-0.15, -0.1) is 0 Å². The Morgan fingerprint density at radius 2 is 1.67 bits per heavy atom. The maximum atomic E-state index is 12.8. The molecule has 5 rings (SSSR count). The number of fused-ring (bicyclic) bond motifs is 7. The van der Waals surface area contributed by atoms with Gasteiger partial charge in [0.15, 0.2) is 0 Å². The van der Waals surface area contributed by atoms with Crippen LogP contribution >= 0.6 is 0 Å². The van der Waals surface area contributed by atoms with E-state index in [1.807, 2.05) is 0 Å². The molecule has 4 nitrogen and oxygen atoms in total. The number of carboxylic acid groups (broad SMARTS) is 1. The first-order valence-electron chi connectivity index (χ1n) is 13.6. The van der Waals surface area contributed by atoms with Crippen molar-refractivity contribution in [2.24, 2.45) is 57.2 Å². The molecular formula is C29H46O4. The minimum absolute atomic E-state index is 0.00289. The number of hydrogen-bond acceptors (Lipinski definition) is 3. The molecule has 0 radical (unpaired) electrons. The molecular weight excluding hydrogens is 412 g/mol. The number of hydrogen-bond donors (Lipinski definition) is 3. The van der Waals surface area contributed by atoms with Crippen molar-refractivity contribution in [3.63, 3.8) is 0 Å². The minimum Gasteiger partial charge on any atom is -0.481 e. The van der Waals surface area contributed by atoms with Gasteiger partial charge in [-0.2, -0.15) is 0 Å². The van der Waals surface area contributed by atoms with Crippen LogP contribution in [0.2, 0.25) is 0 Å². The van der Waals surface area contributed by atoms with Crippen LogP contribution in [0.4, 0.5) is 0 Å². The summed E-state index contributed by atoms with van der Waals surface area (Å²) in [4.78, 5) is 12.8. The fraction of sp³-hybridized carbons (Fsp3) is 0.897. The summed E-state index contributed by atoms with van der Waals surface area (Å²) >= 11 is 0. The highest BCUT2D eigenvalue weighted by Gasteiger charge is 2.69. The molecule has 4 fully saturated rings. The van der Waals surface area contributed by atoms with Crippen molar-refractivity contribution in [2.45, 2.75) is 105 Å². The number of aliphatic hydroxyl groups excluding tert-OH is 2. The molecule has 0 aliphatic heterocycles. The number of rotatable bonds is 1. The number of carbonyl (C=O) groups is 1. The molecule has 9 unspecified atom stereocenters. The van der Waals surface area contributed by atoms with Gasteiger partial charge in [-0.25, -0.2) is 0 Å². The van der Waals surface area contributed by atoms with Crippen LogP contribution in [0.1, 0.15) is 92.9 Å². The molecule has 0 aromatic carbocycles. The Morgan fingerprint density at radius 1 is 0.970 bits per heavy atom. The lowest BCUT2D eigenvalue weighted by atomic mass is 9.34. The number of allylic oxidation sites excluding steroid dienone is 2. The zero-order valence-electron chi connectivity index (χ0n) is 21.6. The number of aliphatic carboxylic acids is 1. The van der Waals surface area contributed by atoms with E-state index in [0.29, 0.717) is 30.1 Å². The average molecular weight is 459 g/mol. The van der Waals surface area contributed by atoms with Crippen LogP contribution in [0.25, 0.3) is 0 Å². The fourth-order valence-electron chi connectivity index (χ4n) is 10.6. The third-order valence-corrected chi connectivity index (χ3v) is 13.0. The van der Waals surface area contributed by atoms with E-state index in [1.165, 1.54) is 5.57 Å².